The second-order valence-corrected chi connectivity index (χ2v) is 7.87. The monoisotopic (exact) mass is 489 g/mol. The molecule has 0 spiro atoms. The number of alkyl halides is 3. The van der Waals surface area contributed by atoms with E-state index in [1.54, 1.807) is 30.3 Å². The molecule has 0 N–H and O–H groups in total. The van der Waals surface area contributed by atoms with Crippen molar-refractivity contribution in [3.8, 4) is 5.82 Å². The van der Waals surface area contributed by atoms with Crippen molar-refractivity contribution < 1.29 is 27.5 Å². The Labute approximate surface area is 198 Å². The fourth-order valence-corrected chi connectivity index (χ4v) is 3.63. The molecule has 35 heavy (non-hydrogen) atoms. The Kier molecular flexibility index (Phi) is 6.67. The summed E-state index contributed by atoms with van der Waals surface area (Å²) >= 11 is 0. The minimum Gasteiger partial charge on any atom is -0.449 e. The topological polar surface area (TPSA) is 106 Å². The molecule has 0 aliphatic carbocycles. The maximum absolute atomic E-state index is 12.8. The predicted molar refractivity (Wildman–Crippen MR) is 117 cm³/mol. The second kappa shape index (κ2) is 9.68. The Morgan fingerprint density at radius 1 is 1.03 bits per heavy atom. The molecule has 0 aromatic carbocycles. The van der Waals surface area contributed by atoms with Crippen molar-refractivity contribution in [2.45, 2.75) is 26.1 Å². The maximum Gasteiger partial charge on any atom is 0.417 e. The summed E-state index contributed by atoms with van der Waals surface area (Å²) in [7, 11) is 0. The van der Waals surface area contributed by atoms with Crippen molar-refractivity contribution >= 4 is 17.8 Å². The van der Waals surface area contributed by atoms with E-state index in [1.807, 2.05) is 4.90 Å². The lowest BCUT2D eigenvalue weighted by molar-refractivity contribution is -0.140. The van der Waals surface area contributed by atoms with Gasteiger partial charge < -0.3 is 14.5 Å². The lowest BCUT2D eigenvalue weighted by atomic mass is 10.2. The lowest BCUT2D eigenvalue weighted by Gasteiger charge is -2.35. The smallest absolute Gasteiger partial charge is 0.417 e. The summed E-state index contributed by atoms with van der Waals surface area (Å²) in [5.41, 5.74) is -0.495. The highest BCUT2D eigenvalue weighted by atomic mass is 19.4. The molecule has 13 heteroatoms. The zero-order chi connectivity index (χ0) is 25.2. The van der Waals surface area contributed by atoms with E-state index >= 15 is 0 Å². The third kappa shape index (κ3) is 5.23. The number of esters is 1. The third-order valence-corrected chi connectivity index (χ3v) is 5.58. The molecule has 3 aromatic rings. The summed E-state index contributed by atoms with van der Waals surface area (Å²) in [5, 5.41) is 4.04. The number of piperazine rings is 1. The highest BCUT2D eigenvalue weighted by Gasteiger charge is 2.31. The van der Waals surface area contributed by atoms with Gasteiger partial charge in [-0.25, -0.2) is 24.4 Å². The van der Waals surface area contributed by atoms with Gasteiger partial charge in [0.05, 0.1) is 17.5 Å². The molecule has 3 aromatic heterocycles. The SMILES string of the molecule is Cc1c(C(=O)OC(C)C(=O)N2CCN(c3ncccn3)CC2)cnn1-c1ccc(C(F)(F)F)cn1. The van der Waals surface area contributed by atoms with E-state index < -0.39 is 23.8 Å². The summed E-state index contributed by atoms with van der Waals surface area (Å²) in [6, 6.07) is 3.76. The van der Waals surface area contributed by atoms with Gasteiger partial charge in [0.2, 0.25) is 5.95 Å². The molecule has 1 saturated heterocycles. The minimum atomic E-state index is -4.51. The molecule has 4 heterocycles. The summed E-state index contributed by atoms with van der Waals surface area (Å²) in [5.74, 6) is -0.396. The molecule has 10 nitrogen and oxygen atoms in total. The first-order chi connectivity index (χ1) is 16.6. The maximum atomic E-state index is 12.8. The molecule has 0 radical (unpaired) electrons. The molecule has 1 atom stereocenters. The Bertz CT molecular complexity index is 1190. The molecule has 4 rings (SSSR count). The van der Waals surface area contributed by atoms with Crippen molar-refractivity contribution in [2.24, 2.45) is 0 Å². The van der Waals surface area contributed by atoms with Gasteiger partial charge in [0.15, 0.2) is 11.9 Å². The molecule has 1 aliphatic rings. The van der Waals surface area contributed by atoms with Crippen LogP contribution < -0.4 is 4.90 Å². The van der Waals surface area contributed by atoms with Crippen LogP contribution in [-0.2, 0) is 15.7 Å². The van der Waals surface area contributed by atoms with Gasteiger partial charge in [-0.3, -0.25) is 4.79 Å². The van der Waals surface area contributed by atoms with Crippen LogP contribution in [0.15, 0.2) is 43.0 Å². The number of carbonyl (C=O) groups is 2. The van der Waals surface area contributed by atoms with Crippen LogP contribution in [0.3, 0.4) is 0 Å². The largest absolute Gasteiger partial charge is 0.449 e. The van der Waals surface area contributed by atoms with Gasteiger partial charge in [-0.05, 0) is 32.0 Å². The fraction of sp³-hybridized carbons (Fsp3) is 0.364. The number of amides is 1. The van der Waals surface area contributed by atoms with E-state index in [0.29, 0.717) is 44.0 Å². The lowest BCUT2D eigenvalue weighted by Crippen LogP contribution is -2.52. The van der Waals surface area contributed by atoms with Gasteiger partial charge in [-0.2, -0.15) is 18.3 Å². The van der Waals surface area contributed by atoms with Crippen LogP contribution in [0, 0.1) is 6.92 Å². The average molecular weight is 489 g/mol. The van der Waals surface area contributed by atoms with Crippen LogP contribution in [0.25, 0.3) is 5.82 Å². The predicted octanol–water partition coefficient (Wildman–Crippen LogP) is 2.28. The molecule has 1 unspecified atom stereocenters. The first kappa shape index (κ1) is 24.1. The van der Waals surface area contributed by atoms with E-state index in [2.05, 4.69) is 20.1 Å². The number of halogens is 3. The van der Waals surface area contributed by atoms with Crippen molar-refractivity contribution in [1.82, 2.24) is 29.6 Å². The van der Waals surface area contributed by atoms with E-state index in [4.69, 9.17) is 4.74 Å². The molecular formula is C22H22F3N7O3. The van der Waals surface area contributed by atoms with Crippen molar-refractivity contribution in [2.75, 3.05) is 31.1 Å². The number of ether oxygens (including phenoxy) is 1. The van der Waals surface area contributed by atoms with Crippen LogP contribution in [0.5, 0.6) is 0 Å². The summed E-state index contributed by atoms with van der Waals surface area (Å²) < 4.78 is 44.9. The fourth-order valence-electron chi connectivity index (χ4n) is 3.63. The van der Waals surface area contributed by atoms with E-state index in [-0.39, 0.29) is 17.3 Å². The van der Waals surface area contributed by atoms with Gasteiger partial charge in [0.25, 0.3) is 5.91 Å². The molecule has 1 aliphatic heterocycles. The van der Waals surface area contributed by atoms with Gasteiger partial charge in [-0.15, -0.1) is 0 Å². The van der Waals surface area contributed by atoms with Crippen molar-refractivity contribution in [1.29, 1.82) is 0 Å². The first-order valence-electron chi connectivity index (χ1n) is 10.7. The first-order valence-corrected chi connectivity index (χ1v) is 10.7. The number of rotatable bonds is 5. The van der Waals surface area contributed by atoms with Gasteiger partial charge in [-0.1, -0.05) is 0 Å². The molecule has 1 amide bonds. The minimum absolute atomic E-state index is 0.0809. The zero-order valence-electron chi connectivity index (χ0n) is 18.9. The summed E-state index contributed by atoms with van der Waals surface area (Å²) in [6.07, 6.45) is -0.317. The molecular weight excluding hydrogens is 467 g/mol. The quantitative estimate of drug-likeness (QED) is 0.503. The highest BCUT2D eigenvalue weighted by molar-refractivity contribution is 5.93. The molecule has 0 bridgehead atoms. The Balaban J connectivity index is 1.36. The van der Waals surface area contributed by atoms with Crippen LogP contribution in [0.2, 0.25) is 0 Å². The van der Waals surface area contributed by atoms with Crippen LogP contribution in [0.1, 0.15) is 28.5 Å². The van der Waals surface area contributed by atoms with Crippen molar-refractivity contribution in [3.05, 3.63) is 59.8 Å². The Hall–Kier alpha value is -4.03. The summed E-state index contributed by atoms with van der Waals surface area (Å²) in [4.78, 5) is 41.3. The zero-order valence-corrected chi connectivity index (χ0v) is 18.9. The van der Waals surface area contributed by atoms with Crippen LogP contribution in [-0.4, -0.2) is 73.8 Å². The van der Waals surface area contributed by atoms with E-state index in [9.17, 15) is 22.8 Å². The van der Waals surface area contributed by atoms with Gasteiger partial charge in [0.1, 0.15) is 5.56 Å². The summed E-state index contributed by atoms with van der Waals surface area (Å²) in [6.45, 7) is 4.99. The van der Waals surface area contributed by atoms with E-state index in [0.717, 1.165) is 12.1 Å². The average Bonchev–Trinajstić information content (AvgIpc) is 3.25. The van der Waals surface area contributed by atoms with E-state index in [1.165, 1.54) is 17.8 Å². The Morgan fingerprint density at radius 2 is 1.71 bits per heavy atom. The second-order valence-electron chi connectivity index (χ2n) is 7.87. The number of nitrogens with zero attached hydrogens (tertiary/aromatic N) is 7. The standard InChI is InChI=1S/C22H22F3N7O3/c1-14-17(13-29-32(14)18-5-4-16(12-28-18)22(23,24)25)20(34)35-15(2)19(33)30-8-10-31(11-9-30)21-26-6-3-7-27-21/h3-7,12-13,15H,8-11H2,1-2H3. The molecule has 0 saturated carbocycles. The van der Waals surface area contributed by atoms with Gasteiger partial charge in [0, 0.05) is 44.8 Å². The molecule has 184 valence electrons. The van der Waals surface area contributed by atoms with Crippen LogP contribution >= 0.6 is 0 Å². The number of hydrogen-bond donors (Lipinski definition) is 0. The van der Waals surface area contributed by atoms with Crippen LogP contribution in [0.4, 0.5) is 19.1 Å². The van der Waals surface area contributed by atoms with Crippen molar-refractivity contribution in [3.63, 3.8) is 0 Å². The number of pyridine rings is 1. The Morgan fingerprint density at radius 3 is 2.31 bits per heavy atom. The number of aromatic nitrogens is 5. The third-order valence-electron chi connectivity index (χ3n) is 5.58. The molecule has 1 fully saturated rings. The number of anilines is 1. The van der Waals surface area contributed by atoms with Gasteiger partial charge >= 0.3 is 12.1 Å². The number of hydrogen-bond acceptors (Lipinski definition) is 8. The number of carbonyl (C=O) groups excluding carboxylic acids is 2. The highest BCUT2D eigenvalue weighted by Crippen LogP contribution is 2.29. The normalized spacial score (nSPS) is 15.1.